The first-order valence-electron chi connectivity index (χ1n) is 8.32. The van der Waals surface area contributed by atoms with Crippen LogP contribution in [0, 0.1) is 30.2 Å². The van der Waals surface area contributed by atoms with Gasteiger partial charge in [0, 0.05) is 17.8 Å². The SMILES string of the molecule is Cc1c(Cl)c(C(F)(F)F)nn1CC(=O)Nc1cnn(Cc2c(F)cc(F)c(F)c2F)c1. The molecule has 0 bridgehead atoms. The fraction of sp³-hybridized carbons (Fsp3) is 0.235. The van der Waals surface area contributed by atoms with Crippen LogP contribution in [0.3, 0.4) is 0 Å². The number of hydrogen-bond acceptors (Lipinski definition) is 3. The quantitative estimate of drug-likeness (QED) is 0.344. The summed E-state index contributed by atoms with van der Waals surface area (Å²) in [6.07, 6.45) is -2.59. The van der Waals surface area contributed by atoms with Crippen LogP contribution in [0.5, 0.6) is 0 Å². The molecule has 0 aliphatic rings. The monoisotopic (exact) mass is 469 g/mol. The molecule has 3 aromatic rings. The van der Waals surface area contributed by atoms with Crippen molar-refractivity contribution in [3.63, 3.8) is 0 Å². The largest absolute Gasteiger partial charge is 0.436 e. The number of hydrogen-bond donors (Lipinski definition) is 1. The van der Waals surface area contributed by atoms with Gasteiger partial charge in [-0.2, -0.15) is 23.4 Å². The minimum absolute atomic E-state index is 0.0281. The fourth-order valence-electron chi connectivity index (χ4n) is 2.62. The topological polar surface area (TPSA) is 64.7 Å². The number of carbonyl (C=O) groups excluding carboxylic acids is 1. The van der Waals surface area contributed by atoms with Crippen molar-refractivity contribution in [3.05, 3.63) is 63.7 Å². The van der Waals surface area contributed by atoms with Gasteiger partial charge < -0.3 is 5.32 Å². The van der Waals surface area contributed by atoms with Gasteiger partial charge in [-0.05, 0) is 6.92 Å². The van der Waals surface area contributed by atoms with E-state index < -0.39 is 64.7 Å². The van der Waals surface area contributed by atoms with E-state index in [0.29, 0.717) is 0 Å². The van der Waals surface area contributed by atoms with Gasteiger partial charge >= 0.3 is 6.18 Å². The second-order valence-electron chi connectivity index (χ2n) is 6.32. The Balaban J connectivity index is 1.71. The molecule has 1 N–H and O–H groups in total. The molecule has 1 aromatic carbocycles. The maximum absolute atomic E-state index is 13.8. The molecule has 0 aliphatic carbocycles. The molecule has 0 saturated heterocycles. The van der Waals surface area contributed by atoms with Crippen LogP contribution in [-0.2, 0) is 24.1 Å². The zero-order valence-corrected chi connectivity index (χ0v) is 16.1. The zero-order valence-electron chi connectivity index (χ0n) is 15.4. The summed E-state index contributed by atoms with van der Waals surface area (Å²) >= 11 is 5.61. The number of carbonyl (C=O) groups is 1. The van der Waals surface area contributed by atoms with E-state index >= 15 is 0 Å². The summed E-state index contributed by atoms with van der Waals surface area (Å²) in [6.45, 7) is 0.0214. The molecule has 0 spiro atoms. The first kappa shape index (κ1) is 22.6. The lowest BCUT2D eigenvalue weighted by Crippen LogP contribution is -2.20. The Morgan fingerprint density at radius 3 is 2.45 bits per heavy atom. The number of nitrogens with one attached hydrogen (secondary N) is 1. The minimum atomic E-state index is -4.80. The average Bonchev–Trinajstić information content (AvgIpc) is 3.22. The minimum Gasteiger partial charge on any atom is -0.322 e. The summed E-state index contributed by atoms with van der Waals surface area (Å²) in [5.41, 5.74) is -2.17. The van der Waals surface area contributed by atoms with Crippen molar-refractivity contribution < 1.29 is 35.5 Å². The van der Waals surface area contributed by atoms with Gasteiger partial charge in [-0.1, -0.05) is 11.6 Å². The molecule has 0 radical (unpaired) electrons. The van der Waals surface area contributed by atoms with Crippen molar-refractivity contribution in [1.82, 2.24) is 19.6 Å². The number of anilines is 1. The van der Waals surface area contributed by atoms with E-state index in [0.717, 1.165) is 21.8 Å². The summed E-state index contributed by atoms with van der Waals surface area (Å²) < 4.78 is 94.0. The predicted molar refractivity (Wildman–Crippen MR) is 93.2 cm³/mol. The van der Waals surface area contributed by atoms with E-state index in [-0.39, 0.29) is 17.4 Å². The Kier molecular flexibility index (Phi) is 5.98. The maximum Gasteiger partial charge on any atom is 0.436 e. The molecule has 2 aromatic heterocycles. The molecule has 3 rings (SSSR count). The van der Waals surface area contributed by atoms with Crippen LogP contribution in [0.15, 0.2) is 18.5 Å². The van der Waals surface area contributed by atoms with Crippen molar-refractivity contribution in [2.75, 3.05) is 5.32 Å². The fourth-order valence-corrected chi connectivity index (χ4v) is 2.86. The normalized spacial score (nSPS) is 11.8. The molecule has 166 valence electrons. The summed E-state index contributed by atoms with van der Waals surface area (Å²) in [6, 6.07) is 0.187. The lowest BCUT2D eigenvalue weighted by molar-refractivity contribution is -0.141. The van der Waals surface area contributed by atoms with E-state index in [9.17, 15) is 35.5 Å². The summed E-state index contributed by atoms with van der Waals surface area (Å²) in [7, 11) is 0. The van der Waals surface area contributed by atoms with Crippen LogP contribution in [0.25, 0.3) is 0 Å². The van der Waals surface area contributed by atoms with Crippen molar-refractivity contribution in [2.45, 2.75) is 26.2 Å². The zero-order chi connectivity index (χ0) is 23.1. The van der Waals surface area contributed by atoms with Crippen LogP contribution in [-0.4, -0.2) is 25.5 Å². The van der Waals surface area contributed by atoms with E-state index in [4.69, 9.17) is 11.6 Å². The third-order valence-electron chi connectivity index (χ3n) is 4.14. The summed E-state index contributed by atoms with van der Waals surface area (Å²) in [4.78, 5) is 12.1. The van der Waals surface area contributed by atoms with E-state index in [1.165, 1.54) is 6.92 Å². The van der Waals surface area contributed by atoms with Gasteiger partial charge in [0.15, 0.2) is 23.1 Å². The van der Waals surface area contributed by atoms with Gasteiger partial charge in [0.2, 0.25) is 5.91 Å². The highest BCUT2D eigenvalue weighted by molar-refractivity contribution is 6.32. The van der Waals surface area contributed by atoms with Crippen molar-refractivity contribution in [2.24, 2.45) is 0 Å². The lowest BCUT2D eigenvalue weighted by atomic mass is 10.2. The number of benzene rings is 1. The molecule has 2 heterocycles. The first-order valence-corrected chi connectivity index (χ1v) is 8.70. The number of alkyl halides is 3. The Morgan fingerprint density at radius 2 is 1.84 bits per heavy atom. The number of rotatable bonds is 5. The third kappa shape index (κ3) is 4.65. The van der Waals surface area contributed by atoms with Crippen LogP contribution in [0.4, 0.5) is 36.4 Å². The number of aromatic nitrogens is 4. The van der Waals surface area contributed by atoms with Gasteiger partial charge in [-0.3, -0.25) is 14.2 Å². The van der Waals surface area contributed by atoms with Gasteiger partial charge in [-0.25, -0.2) is 17.6 Å². The standard InChI is InChI=1S/C17H11ClF7N5O/c1-7-13(18)16(17(23,24)25)28-30(7)6-12(31)27-8-3-26-29(4-8)5-9-10(19)2-11(20)15(22)14(9)21/h2-4H,5-6H2,1H3,(H,27,31). The highest BCUT2D eigenvalue weighted by Crippen LogP contribution is 2.35. The van der Waals surface area contributed by atoms with E-state index in [2.05, 4.69) is 15.5 Å². The third-order valence-corrected chi connectivity index (χ3v) is 4.59. The Hall–Kier alpha value is -3.09. The maximum atomic E-state index is 13.8. The van der Waals surface area contributed by atoms with Gasteiger partial charge in [0.25, 0.3) is 0 Å². The second-order valence-corrected chi connectivity index (χ2v) is 6.70. The summed E-state index contributed by atoms with van der Waals surface area (Å²) in [5.74, 6) is -7.37. The Bertz CT molecular complexity index is 1150. The van der Waals surface area contributed by atoms with Gasteiger partial charge in [0.1, 0.15) is 12.4 Å². The molecular formula is C17H11ClF7N5O. The molecule has 31 heavy (non-hydrogen) atoms. The van der Waals surface area contributed by atoms with Gasteiger partial charge in [-0.15, -0.1) is 0 Å². The van der Waals surface area contributed by atoms with E-state index in [1.54, 1.807) is 0 Å². The van der Waals surface area contributed by atoms with Crippen LogP contribution < -0.4 is 5.32 Å². The van der Waals surface area contributed by atoms with Crippen molar-refractivity contribution >= 4 is 23.2 Å². The highest BCUT2D eigenvalue weighted by Gasteiger charge is 2.38. The Morgan fingerprint density at radius 1 is 1.16 bits per heavy atom. The van der Waals surface area contributed by atoms with Crippen LogP contribution in [0.1, 0.15) is 17.0 Å². The second kappa shape index (κ2) is 8.21. The molecule has 1 amide bonds. The molecule has 0 atom stereocenters. The molecule has 0 unspecified atom stereocenters. The van der Waals surface area contributed by atoms with Crippen LogP contribution >= 0.6 is 11.6 Å². The summed E-state index contributed by atoms with van der Waals surface area (Å²) in [5, 5.41) is 8.70. The first-order chi connectivity index (χ1) is 14.4. The molecule has 0 saturated carbocycles. The van der Waals surface area contributed by atoms with E-state index in [1.807, 2.05) is 0 Å². The van der Waals surface area contributed by atoms with Crippen molar-refractivity contribution in [1.29, 1.82) is 0 Å². The molecule has 14 heteroatoms. The molecule has 0 aliphatic heterocycles. The smallest absolute Gasteiger partial charge is 0.322 e. The molecule has 0 fully saturated rings. The predicted octanol–water partition coefficient (Wildman–Crippen LogP) is 4.30. The number of amides is 1. The van der Waals surface area contributed by atoms with Crippen molar-refractivity contribution in [3.8, 4) is 0 Å². The average molecular weight is 470 g/mol. The van der Waals surface area contributed by atoms with Gasteiger partial charge in [0.05, 0.1) is 29.1 Å². The van der Waals surface area contributed by atoms with Crippen LogP contribution in [0.2, 0.25) is 5.02 Å². The molecule has 6 nitrogen and oxygen atoms in total. The number of halogens is 8. The lowest BCUT2D eigenvalue weighted by Gasteiger charge is -2.07. The highest BCUT2D eigenvalue weighted by atomic mass is 35.5. The Labute approximate surface area is 174 Å². The molecular weight excluding hydrogens is 459 g/mol. The number of nitrogens with zero attached hydrogens (tertiary/aromatic N) is 4.